The van der Waals surface area contributed by atoms with Crippen LogP contribution in [0.15, 0.2) is 91.1 Å². The maximum absolute atomic E-state index is 12.6. The second-order valence-electron chi connectivity index (χ2n) is 7.74. The van der Waals surface area contributed by atoms with Crippen molar-refractivity contribution < 1.29 is 4.79 Å². The van der Waals surface area contributed by atoms with Gasteiger partial charge >= 0.3 is 0 Å². The molecule has 5 heteroatoms. The Morgan fingerprint density at radius 3 is 2.30 bits per heavy atom. The van der Waals surface area contributed by atoms with E-state index >= 15 is 0 Å². The molecule has 0 aliphatic carbocycles. The van der Waals surface area contributed by atoms with E-state index in [2.05, 4.69) is 22.4 Å². The first-order valence-electron chi connectivity index (χ1n) is 11.0. The van der Waals surface area contributed by atoms with E-state index < -0.39 is 0 Å². The number of nitrogens with two attached hydrogens (primary N) is 1. The van der Waals surface area contributed by atoms with E-state index in [1.54, 1.807) is 6.20 Å². The maximum atomic E-state index is 12.6. The number of amides is 1. The molecule has 1 amide bonds. The van der Waals surface area contributed by atoms with Crippen molar-refractivity contribution in [2.45, 2.75) is 19.3 Å². The molecule has 33 heavy (non-hydrogen) atoms. The lowest BCUT2D eigenvalue weighted by atomic mass is 10.1. The third-order valence-electron chi connectivity index (χ3n) is 5.21. The number of nitrogens with zero attached hydrogens (tertiary/aromatic N) is 2. The number of hydrogen-bond donors (Lipinski definition) is 2. The summed E-state index contributed by atoms with van der Waals surface area (Å²) >= 11 is 0. The highest BCUT2D eigenvalue weighted by molar-refractivity contribution is 5.92. The molecule has 0 aliphatic heterocycles. The van der Waals surface area contributed by atoms with Crippen molar-refractivity contribution in [3.05, 3.63) is 108 Å². The number of aromatic nitrogens is 2. The number of nitrogens with one attached hydrogen (secondary N) is 1. The SMILES string of the molecule is Nc1ccc(-c2cnc(NC(=O)CCCc3ccccc3)c(/C=C/c3ccccc3)n2)cc1. The number of rotatable bonds is 8. The standard InChI is InChI=1S/C28H26N4O/c29-24-17-15-23(16-18-24)26-20-30-28(25(31-26)19-14-22-10-5-2-6-11-22)32-27(33)13-7-12-21-8-3-1-4-9-21/h1-6,8-11,14-20H,7,12-13,29H2,(H,30,32,33)/b19-14+. The van der Waals surface area contributed by atoms with Gasteiger partial charge in [0.1, 0.15) is 5.69 Å². The van der Waals surface area contributed by atoms with Gasteiger partial charge < -0.3 is 11.1 Å². The fourth-order valence-corrected chi connectivity index (χ4v) is 3.44. The van der Waals surface area contributed by atoms with Crippen molar-refractivity contribution in [2.75, 3.05) is 11.1 Å². The average molecular weight is 435 g/mol. The predicted octanol–water partition coefficient (Wildman–Crippen LogP) is 5.86. The molecule has 3 N–H and O–H groups in total. The van der Waals surface area contributed by atoms with Gasteiger partial charge in [-0.25, -0.2) is 9.97 Å². The van der Waals surface area contributed by atoms with Crippen molar-refractivity contribution in [1.29, 1.82) is 0 Å². The van der Waals surface area contributed by atoms with Gasteiger partial charge in [-0.3, -0.25) is 4.79 Å². The summed E-state index contributed by atoms with van der Waals surface area (Å²) in [5, 5.41) is 2.94. The van der Waals surface area contributed by atoms with Gasteiger partial charge in [0.25, 0.3) is 0 Å². The third-order valence-corrected chi connectivity index (χ3v) is 5.21. The second-order valence-corrected chi connectivity index (χ2v) is 7.74. The average Bonchev–Trinajstić information content (AvgIpc) is 2.85. The minimum Gasteiger partial charge on any atom is -0.399 e. The largest absolute Gasteiger partial charge is 0.399 e. The van der Waals surface area contributed by atoms with Crippen molar-refractivity contribution in [3.63, 3.8) is 0 Å². The Bertz CT molecular complexity index is 1220. The lowest BCUT2D eigenvalue weighted by molar-refractivity contribution is -0.116. The maximum Gasteiger partial charge on any atom is 0.225 e. The van der Waals surface area contributed by atoms with Gasteiger partial charge in [-0.05, 0) is 42.2 Å². The van der Waals surface area contributed by atoms with E-state index in [-0.39, 0.29) is 5.91 Å². The molecule has 0 atom stereocenters. The Hall–Kier alpha value is -4.25. The van der Waals surface area contributed by atoms with Gasteiger partial charge in [0.05, 0.1) is 11.9 Å². The highest BCUT2D eigenvalue weighted by Gasteiger charge is 2.11. The summed E-state index contributed by atoms with van der Waals surface area (Å²) in [7, 11) is 0. The molecule has 4 rings (SSSR count). The number of nitrogen functional groups attached to an aromatic ring is 1. The zero-order valence-corrected chi connectivity index (χ0v) is 18.3. The predicted molar refractivity (Wildman–Crippen MR) is 135 cm³/mol. The molecular weight excluding hydrogens is 408 g/mol. The summed E-state index contributed by atoms with van der Waals surface area (Å²) in [5.74, 6) is 0.376. The Balaban J connectivity index is 1.51. The lowest BCUT2D eigenvalue weighted by Gasteiger charge is -2.10. The summed E-state index contributed by atoms with van der Waals surface area (Å²) in [5.41, 5.74) is 11.0. The summed E-state index contributed by atoms with van der Waals surface area (Å²) in [6.07, 6.45) is 7.55. The highest BCUT2D eigenvalue weighted by atomic mass is 16.1. The minimum atomic E-state index is -0.0742. The quantitative estimate of drug-likeness (QED) is 0.341. The van der Waals surface area contributed by atoms with Crippen molar-refractivity contribution >= 4 is 29.6 Å². The van der Waals surface area contributed by atoms with Crippen LogP contribution in [-0.4, -0.2) is 15.9 Å². The number of carbonyl (C=O) groups excluding carboxylic acids is 1. The molecule has 0 saturated heterocycles. The molecule has 5 nitrogen and oxygen atoms in total. The number of aryl methyl sites for hydroxylation is 1. The van der Waals surface area contributed by atoms with E-state index in [0.717, 1.165) is 24.0 Å². The molecule has 0 spiro atoms. The van der Waals surface area contributed by atoms with Crippen LogP contribution in [0.25, 0.3) is 23.4 Å². The molecule has 0 saturated carbocycles. The van der Waals surface area contributed by atoms with Gasteiger partial charge in [-0.15, -0.1) is 0 Å². The molecule has 0 aliphatic rings. The van der Waals surface area contributed by atoms with Crippen LogP contribution < -0.4 is 11.1 Å². The van der Waals surface area contributed by atoms with E-state index in [9.17, 15) is 4.79 Å². The van der Waals surface area contributed by atoms with Gasteiger partial charge in [-0.1, -0.05) is 78.9 Å². The molecule has 0 fully saturated rings. The smallest absolute Gasteiger partial charge is 0.225 e. The molecule has 0 unspecified atom stereocenters. The zero-order chi connectivity index (χ0) is 22.9. The summed E-state index contributed by atoms with van der Waals surface area (Å²) in [6, 6.07) is 27.6. The lowest BCUT2D eigenvalue weighted by Crippen LogP contribution is -2.14. The van der Waals surface area contributed by atoms with Gasteiger partial charge in [-0.2, -0.15) is 0 Å². The van der Waals surface area contributed by atoms with Crippen LogP contribution in [0.4, 0.5) is 11.5 Å². The monoisotopic (exact) mass is 434 g/mol. The van der Waals surface area contributed by atoms with Crippen molar-refractivity contribution in [1.82, 2.24) is 9.97 Å². The summed E-state index contributed by atoms with van der Waals surface area (Å²) in [6.45, 7) is 0. The third kappa shape index (κ3) is 6.37. The van der Waals surface area contributed by atoms with Crippen LogP contribution in [0, 0.1) is 0 Å². The number of benzene rings is 3. The normalized spacial score (nSPS) is 10.9. The number of hydrogen-bond acceptors (Lipinski definition) is 4. The first kappa shape index (κ1) is 22.0. The van der Waals surface area contributed by atoms with Gasteiger partial charge in [0.15, 0.2) is 5.82 Å². The van der Waals surface area contributed by atoms with Gasteiger partial charge in [0, 0.05) is 17.7 Å². The Kier molecular flexibility index (Phi) is 7.23. The fourth-order valence-electron chi connectivity index (χ4n) is 3.44. The van der Waals surface area contributed by atoms with Crippen molar-refractivity contribution in [2.24, 2.45) is 0 Å². The highest BCUT2D eigenvalue weighted by Crippen LogP contribution is 2.22. The topological polar surface area (TPSA) is 80.9 Å². The summed E-state index contributed by atoms with van der Waals surface area (Å²) in [4.78, 5) is 21.9. The van der Waals surface area contributed by atoms with Crippen molar-refractivity contribution in [3.8, 4) is 11.3 Å². The minimum absolute atomic E-state index is 0.0742. The fraction of sp³-hybridized carbons (Fsp3) is 0.107. The number of carbonyl (C=O) groups is 1. The Labute approximate surface area is 194 Å². The Morgan fingerprint density at radius 2 is 1.58 bits per heavy atom. The molecule has 1 aromatic heterocycles. The first-order valence-corrected chi connectivity index (χ1v) is 11.0. The first-order chi connectivity index (χ1) is 16.2. The van der Waals surface area contributed by atoms with Crippen LogP contribution in [0.1, 0.15) is 29.7 Å². The second kappa shape index (κ2) is 10.9. The molecular formula is C28H26N4O. The molecule has 4 aromatic rings. The van der Waals surface area contributed by atoms with Crippen LogP contribution in [0.3, 0.4) is 0 Å². The molecule has 0 radical (unpaired) electrons. The van der Waals surface area contributed by atoms with E-state index in [4.69, 9.17) is 10.7 Å². The zero-order valence-electron chi connectivity index (χ0n) is 18.3. The van der Waals surface area contributed by atoms with Crippen LogP contribution in [0.5, 0.6) is 0 Å². The van der Waals surface area contributed by atoms with Crippen LogP contribution >= 0.6 is 0 Å². The van der Waals surface area contributed by atoms with Gasteiger partial charge in [0.2, 0.25) is 5.91 Å². The Morgan fingerprint density at radius 1 is 0.879 bits per heavy atom. The molecule has 164 valence electrons. The van der Waals surface area contributed by atoms with E-state index in [0.29, 0.717) is 29.3 Å². The molecule has 0 bridgehead atoms. The molecule has 3 aromatic carbocycles. The molecule has 1 heterocycles. The number of anilines is 2. The van der Waals surface area contributed by atoms with E-state index in [1.807, 2.05) is 84.9 Å². The van der Waals surface area contributed by atoms with E-state index in [1.165, 1.54) is 5.56 Å². The van der Waals surface area contributed by atoms with Crippen LogP contribution in [0.2, 0.25) is 0 Å². The summed E-state index contributed by atoms with van der Waals surface area (Å²) < 4.78 is 0. The van der Waals surface area contributed by atoms with Crippen LogP contribution in [-0.2, 0) is 11.2 Å².